The maximum atomic E-state index is 12.4. The molecule has 0 N–H and O–H groups in total. The van der Waals surface area contributed by atoms with Gasteiger partial charge in [0.2, 0.25) is 5.91 Å². The summed E-state index contributed by atoms with van der Waals surface area (Å²) >= 11 is 0. The summed E-state index contributed by atoms with van der Waals surface area (Å²) in [6.07, 6.45) is 0.328. The number of carbonyl (C=O) groups is 2. The molecule has 0 unspecified atom stereocenters. The molecule has 0 aliphatic carbocycles. The lowest BCUT2D eigenvalue weighted by Crippen LogP contribution is -2.55. The Balaban J connectivity index is 1.69. The number of nitrogens with zero attached hydrogens (tertiary/aromatic N) is 3. The Labute approximate surface area is 138 Å². The first-order valence-corrected chi connectivity index (χ1v) is 7.64. The van der Waals surface area contributed by atoms with Gasteiger partial charge in [0.25, 0.3) is 5.69 Å². The first kappa shape index (κ1) is 16.0. The van der Waals surface area contributed by atoms with Gasteiger partial charge >= 0.3 is 5.97 Å². The molecule has 24 heavy (non-hydrogen) atoms. The molecular formula is C16H17N3O5. The summed E-state index contributed by atoms with van der Waals surface area (Å²) in [7, 11) is 0. The molecular weight excluding hydrogens is 314 g/mol. The second kappa shape index (κ2) is 5.95. The number of nitro benzene ring substituents is 1. The third-order valence-corrected chi connectivity index (χ3v) is 4.35. The van der Waals surface area contributed by atoms with Gasteiger partial charge in [0.15, 0.2) is 5.70 Å². The molecule has 126 valence electrons. The molecule has 0 bridgehead atoms. The molecule has 0 saturated carbocycles. The minimum absolute atomic E-state index is 0.00751. The Morgan fingerprint density at radius 1 is 1.38 bits per heavy atom. The highest BCUT2D eigenvalue weighted by Crippen LogP contribution is 2.38. The summed E-state index contributed by atoms with van der Waals surface area (Å²) in [5, 5.41) is 10.6. The molecule has 1 aromatic rings. The first-order chi connectivity index (χ1) is 11.4. The van der Waals surface area contributed by atoms with E-state index < -0.39 is 10.9 Å². The quantitative estimate of drug-likeness (QED) is 0.353. The molecule has 1 amide bonds. The fourth-order valence-corrected chi connectivity index (χ4v) is 3.08. The lowest BCUT2D eigenvalue weighted by Gasteiger charge is -2.40. The van der Waals surface area contributed by atoms with Crippen LogP contribution < -0.4 is 0 Å². The Hall–Kier alpha value is -2.90. The average molecular weight is 331 g/mol. The predicted molar refractivity (Wildman–Crippen MR) is 83.2 cm³/mol. The van der Waals surface area contributed by atoms with E-state index in [9.17, 15) is 19.7 Å². The van der Waals surface area contributed by atoms with E-state index in [4.69, 9.17) is 4.74 Å². The van der Waals surface area contributed by atoms with Crippen molar-refractivity contribution < 1.29 is 19.2 Å². The van der Waals surface area contributed by atoms with Gasteiger partial charge in [-0.3, -0.25) is 19.8 Å². The van der Waals surface area contributed by atoms with Crippen LogP contribution in [-0.4, -0.2) is 39.3 Å². The molecule has 1 fully saturated rings. The van der Waals surface area contributed by atoms with Crippen molar-refractivity contribution in [1.82, 2.24) is 9.80 Å². The number of allylic oxidation sites excluding steroid dienone is 1. The number of nitro groups is 1. The first-order valence-electron chi connectivity index (χ1n) is 7.64. The van der Waals surface area contributed by atoms with Crippen LogP contribution in [-0.2, 0) is 20.9 Å². The van der Waals surface area contributed by atoms with E-state index in [2.05, 4.69) is 0 Å². The van der Waals surface area contributed by atoms with E-state index >= 15 is 0 Å². The number of non-ortho nitro benzene ring substituents is 1. The lowest BCUT2D eigenvalue weighted by atomic mass is 10.1. The second-order valence-corrected chi connectivity index (χ2v) is 5.67. The highest BCUT2D eigenvalue weighted by molar-refractivity contribution is 5.98. The van der Waals surface area contributed by atoms with Gasteiger partial charge in [0, 0.05) is 24.4 Å². The molecule has 2 aliphatic heterocycles. The zero-order chi connectivity index (χ0) is 17.4. The number of rotatable bonds is 5. The zero-order valence-corrected chi connectivity index (χ0v) is 13.4. The Bertz CT molecular complexity index is 741. The van der Waals surface area contributed by atoms with Crippen molar-refractivity contribution in [1.29, 1.82) is 0 Å². The standard InChI is InChI=1S/C16H17N3O5/c1-3-17-10(2)15(18-13(17)8-14(18)20)16(21)24-9-11-4-6-12(7-5-11)19(22)23/h4-7,13H,3,8-9H2,1-2H3/t13-/m0/s1. The van der Waals surface area contributed by atoms with Crippen LogP contribution in [0, 0.1) is 10.1 Å². The smallest absolute Gasteiger partial charge is 0.357 e. The number of amides is 1. The average Bonchev–Trinajstić information content (AvgIpc) is 2.80. The Morgan fingerprint density at radius 3 is 2.58 bits per heavy atom. The van der Waals surface area contributed by atoms with Crippen molar-refractivity contribution in [3.8, 4) is 0 Å². The molecule has 2 aliphatic rings. The molecule has 0 radical (unpaired) electrons. The third-order valence-electron chi connectivity index (χ3n) is 4.35. The van der Waals surface area contributed by atoms with Crippen LogP contribution in [0.15, 0.2) is 35.7 Å². The molecule has 1 saturated heterocycles. The molecule has 1 aromatic carbocycles. The topological polar surface area (TPSA) is 93.0 Å². The second-order valence-electron chi connectivity index (χ2n) is 5.67. The summed E-state index contributed by atoms with van der Waals surface area (Å²) < 4.78 is 5.29. The van der Waals surface area contributed by atoms with Gasteiger partial charge in [-0.25, -0.2) is 4.79 Å². The summed E-state index contributed by atoms with van der Waals surface area (Å²) in [6, 6.07) is 5.79. The number of fused-ring (bicyclic) bond motifs is 1. The number of hydrogen-bond acceptors (Lipinski definition) is 6. The van der Waals surface area contributed by atoms with E-state index in [-0.39, 0.29) is 24.4 Å². The maximum absolute atomic E-state index is 12.4. The normalized spacial score (nSPS) is 19.2. The van der Waals surface area contributed by atoms with Crippen molar-refractivity contribution >= 4 is 17.6 Å². The minimum atomic E-state index is -0.556. The van der Waals surface area contributed by atoms with E-state index in [1.165, 1.54) is 29.2 Å². The molecule has 3 rings (SSSR count). The van der Waals surface area contributed by atoms with Gasteiger partial charge in [0.1, 0.15) is 12.8 Å². The third kappa shape index (κ3) is 2.49. The van der Waals surface area contributed by atoms with E-state index in [1.807, 2.05) is 11.8 Å². The van der Waals surface area contributed by atoms with E-state index in [0.717, 1.165) is 5.70 Å². The number of esters is 1. The number of β-lactam (4-membered cyclic amide) rings is 1. The van der Waals surface area contributed by atoms with Crippen molar-refractivity contribution in [2.24, 2.45) is 0 Å². The summed E-state index contributed by atoms with van der Waals surface area (Å²) in [4.78, 5) is 37.8. The number of ether oxygens (including phenoxy) is 1. The van der Waals surface area contributed by atoms with Crippen molar-refractivity contribution in [3.63, 3.8) is 0 Å². The van der Waals surface area contributed by atoms with Crippen molar-refractivity contribution in [2.75, 3.05) is 6.54 Å². The van der Waals surface area contributed by atoms with Gasteiger partial charge in [-0.1, -0.05) is 0 Å². The fraction of sp³-hybridized carbons (Fsp3) is 0.375. The van der Waals surface area contributed by atoms with Gasteiger partial charge in [-0.15, -0.1) is 0 Å². The number of carbonyl (C=O) groups excluding carboxylic acids is 2. The highest BCUT2D eigenvalue weighted by Gasteiger charge is 2.50. The monoisotopic (exact) mass is 331 g/mol. The van der Waals surface area contributed by atoms with Crippen LogP contribution in [0.25, 0.3) is 0 Å². The number of benzene rings is 1. The van der Waals surface area contributed by atoms with Crippen LogP contribution in [0.3, 0.4) is 0 Å². The van der Waals surface area contributed by atoms with Crippen molar-refractivity contribution in [3.05, 3.63) is 51.3 Å². The zero-order valence-electron chi connectivity index (χ0n) is 13.4. The lowest BCUT2D eigenvalue weighted by molar-refractivity contribution is -0.384. The van der Waals surface area contributed by atoms with Crippen LogP contribution in [0.2, 0.25) is 0 Å². The van der Waals surface area contributed by atoms with Gasteiger partial charge in [-0.2, -0.15) is 0 Å². The minimum Gasteiger partial charge on any atom is -0.456 e. The van der Waals surface area contributed by atoms with E-state index in [1.54, 1.807) is 6.92 Å². The molecule has 1 atom stereocenters. The van der Waals surface area contributed by atoms with Crippen LogP contribution >= 0.6 is 0 Å². The summed E-state index contributed by atoms with van der Waals surface area (Å²) in [6.45, 7) is 4.47. The highest BCUT2D eigenvalue weighted by atomic mass is 16.6. The molecule has 2 heterocycles. The maximum Gasteiger partial charge on any atom is 0.357 e. The Kier molecular flexibility index (Phi) is 3.96. The van der Waals surface area contributed by atoms with Gasteiger partial charge < -0.3 is 9.64 Å². The Morgan fingerprint density at radius 2 is 2.04 bits per heavy atom. The van der Waals surface area contributed by atoms with Gasteiger partial charge in [-0.05, 0) is 31.5 Å². The van der Waals surface area contributed by atoms with Crippen LogP contribution in [0.4, 0.5) is 5.69 Å². The summed E-state index contributed by atoms with van der Waals surface area (Å²) in [5.41, 5.74) is 1.65. The molecule has 8 heteroatoms. The fourth-order valence-electron chi connectivity index (χ4n) is 3.08. The largest absolute Gasteiger partial charge is 0.456 e. The van der Waals surface area contributed by atoms with Crippen LogP contribution in [0.1, 0.15) is 25.8 Å². The SMILES string of the molecule is CCN1C(C)=C(C(=O)OCc2ccc([N+](=O)[O-])cc2)N2C(=O)C[C@@H]12. The van der Waals surface area contributed by atoms with Crippen LogP contribution in [0.5, 0.6) is 0 Å². The molecule has 8 nitrogen and oxygen atoms in total. The van der Waals surface area contributed by atoms with Crippen molar-refractivity contribution in [2.45, 2.75) is 33.0 Å². The molecule has 0 aromatic heterocycles. The van der Waals surface area contributed by atoms with E-state index in [0.29, 0.717) is 24.2 Å². The van der Waals surface area contributed by atoms with Gasteiger partial charge in [0.05, 0.1) is 11.3 Å². The number of hydrogen-bond donors (Lipinski definition) is 0. The molecule has 0 spiro atoms. The predicted octanol–water partition coefficient (Wildman–Crippen LogP) is 1.76. The summed E-state index contributed by atoms with van der Waals surface area (Å²) in [5.74, 6) is -0.641.